The number of rotatable bonds is 7. The zero-order valence-corrected chi connectivity index (χ0v) is 18.5. The molecule has 0 bridgehead atoms. The lowest BCUT2D eigenvalue weighted by Crippen LogP contribution is -2.21. The number of likely N-dealkylation sites (tertiary alicyclic amines) is 1. The summed E-state index contributed by atoms with van der Waals surface area (Å²) in [4.78, 5) is 14.5. The first-order chi connectivity index (χ1) is 16.1. The number of hydrogen-bond donors (Lipinski definition) is 0. The predicted molar refractivity (Wildman–Crippen MR) is 124 cm³/mol. The zero-order valence-electron chi connectivity index (χ0n) is 18.5. The first-order valence-electron chi connectivity index (χ1n) is 11.1. The molecule has 0 spiro atoms. The van der Waals surface area contributed by atoms with Crippen molar-refractivity contribution in [2.24, 2.45) is 0 Å². The first-order valence-corrected chi connectivity index (χ1v) is 11.1. The Kier molecular flexibility index (Phi) is 6.76. The molecule has 0 saturated carbocycles. The molecule has 0 aromatic heterocycles. The maximum atomic E-state index is 12.8. The molecule has 3 aromatic rings. The van der Waals surface area contributed by atoms with Gasteiger partial charge in [0.15, 0.2) is 6.19 Å². The highest BCUT2D eigenvalue weighted by atomic mass is 16.5. The molecule has 0 N–H and O–H groups in total. The molecular formula is C27H25N3O3. The van der Waals surface area contributed by atoms with Crippen molar-refractivity contribution in [2.45, 2.75) is 31.8 Å². The lowest BCUT2D eigenvalue weighted by atomic mass is 9.91. The summed E-state index contributed by atoms with van der Waals surface area (Å²) in [5, 5.41) is 20.2. The minimum Gasteiger partial charge on any atom is -0.488 e. The standard InChI is InChI=1S/C27H25N3O3/c1-2-32-27(31)26(15-19-3-5-21-6-4-20(16-28)14-23(21)13-19)22-7-9-24(10-8-22)33-25-11-12-30(17-25)18-29/h3-10,13-14,25-26H,2,11-12,15,17H2,1H3/t25-,26-/m0/s1. The topological polar surface area (TPSA) is 86.4 Å². The minimum atomic E-state index is -0.448. The highest BCUT2D eigenvalue weighted by Crippen LogP contribution is 2.28. The van der Waals surface area contributed by atoms with Gasteiger partial charge in [-0.15, -0.1) is 0 Å². The fourth-order valence-corrected chi connectivity index (χ4v) is 4.19. The fourth-order valence-electron chi connectivity index (χ4n) is 4.19. The van der Waals surface area contributed by atoms with Crippen LogP contribution in [0.15, 0.2) is 60.7 Å². The highest BCUT2D eigenvalue weighted by molar-refractivity contribution is 5.85. The molecule has 0 aliphatic carbocycles. The van der Waals surface area contributed by atoms with E-state index in [1.807, 2.05) is 54.6 Å². The van der Waals surface area contributed by atoms with Crippen LogP contribution >= 0.6 is 0 Å². The van der Waals surface area contributed by atoms with Crippen LogP contribution in [-0.4, -0.2) is 36.7 Å². The van der Waals surface area contributed by atoms with Gasteiger partial charge in [0, 0.05) is 13.0 Å². The predicted octanol–water partition coefficient (Wildman–Crippen LogP) is 4.54. The van der Waals surface area contributed by atoms with Gasteiger partial charge in [0.1, 0.15) is 11.9 Å². The van der Waals surface area contributed by atoms with Gasteiger partial charge in [-0.2, -0.15) is 10.5 Å². The summed E-state index contributed by atoms with van der Waals surface area (Å²) in [6.07, 6.45) is 3.45. The van der Waals surface area contributed by atoms with Crippen molar-refractivity contribution in [3.63, 3.8) is 0 Å². The Morgan fingerprint density at radius 2 is 1.88 bits per heavy atom. The van der Waals surface area contributed by atoms with E-state index in [0.717, 1.165) is 34.1 Å². The monoisotopic (exact) mass is 439 g/mol. The Hall–Kier alpha value is -4.03. The molecule has 3 aromatic carbocycles. The van der Waals surface area contributed by atoms with Crippen LogP contribution in [0, 0.1) is 22.8 Å². The van der Waals surface area contributed by atoms with Crippen molar-refractivity contribution < 1.29 is 14.3 Å². The van der Waals surface area contributed by atoms with E-state index < -0.39 is 5.92 Å². The van der Waals surface area contributed by atoms with Gasteiger partial charge in [0.2, 0.25) is 0 Å². The van der Waals surface area contributed by atoms with E-state index >= 15 is 0 Å². The molecule has 6 heteroatoms. The van der Waals surface area contributed by atoms with Gasteiger partial charge in [-0.25, -0.2) is 0 Å². The molecule has 2 atom stereocenters. The van der Waals surface area contributed by atoms with E-state index in [-0.39, 0.29) is 12.1 Å². The second-order valence-electron chi connectivity index (χ2n) is 8.16. The van der Waals surface area contributed by atoms with Gasteiger partial charge in [0.25, 0.3) is 0 Å². The van der Waals surface area contributed by atoms with E-state index in [4.69, 9.17) is 14.7 Å². The van der Waals surface area contributed by atoms with Crippen LogP contribution in [0.2, 0.25) is 0 Å². The molecule has 0 radical (unpaired) electrons. The van der Waals surface area contributed by atoms with Crippen LogP contribution in [0.5, 0.6) is 5.75 Å². The Bertz CT molecular complexity index is 1220. The smallest absolute Gasteiger partial charge is 0.313 e. The molecule has 33 heavy (non-hydrogen) atoms. The summed E-state index contributed by atoms with van der Waals surface area (Å²) >= 11 is 0. The van der Waals surface area contributed by atoms with Crippen molar-refractivity contribution in [1.29, 1.82) is 10.5 Å². The van der Waals surface area contributed by atoms with Crippen molar-refractivity contribution >= 4 is 16.7 Å². The van der Waals surface area contributed by atoms with E-state index in [0.29, 0.717) is 31.7 Å². The Morgan fingerprint density at radius 3 is 2.58 bits per heavy atom. The number of benzene rings is 3. The summed E-state index contributed by atoms with van der Waals surface area (Å²) in [5.41, 5.74) is 2.47. The number of carbonyl (C=O) groups is 1. The maximum absolute atomic E-state index is 12.8. The van der Waals surface area contributed by atoms with Crippen molar-refractivity contribution in [1.82, 2.24) is 4.90 Å². The molecule has 0 amide bonds. The molecule has 1 heterocycles. The van der Waals surface area contributed by atoms with Crippen molar-refractivity contribution in [2.75, 3.05) is 19.7 Å². The third-order valence-electron chi connectivity index (χ3n) is 5.92. The average Bonchev–Trinajstić information content (AvgIpc) is 3.30. The van der Waals surface area contributed by atoms with Crippen LogP contribution in [0.25, 0.3) is 10.8 Å². The molecular weight excluding hydrogens is 414 g/mol. The number of nitriles is 2. The molecule has 166 valence electrons. The lowest BCUT2D eigenvalue weighted by Gasteiger charge is -2.18. The average molecular weight is 440 g/mol. The first kappa shape index (κ1) is 22.2. The van der Waals surface area contributed by atoms with E-state index in [9.17, 15) is 10.1 Å². The zero-order chi connectivity index (χ0) is 23.2. The fraction of sp³-hybridized carbons (Fsp3) is 0.296. The van der Waals surface area contributed by atoms with Gasteiger partial charge in [-0.3, -0.25) is 4.79 Å². The number of nitrogens with zero attached hydrogens (tertiary/aromatic N) is 3. The summed E-state index contributed by atoms with van der Waals surface area (Å²) < 4.78 is 11.4. The minimum absolute atomic E-state index is 0.00717. The van der Waals surface area contributed by atoms with Gasteiger partial charge in [0.05, 0.1) is 30.7 Å². The van der Waals surface area contributed by atoms with Crippen LogP contribution in [-0.2, 0) is 16.0 Å². The Morgan fingerprint density at radius 1 is 1.09 bits per heavy atom. The Balaban J connectivity index is 1.54. The highest BCUT2D eigenvalue weighted by Gasteiger charge is 2.25. The Labute approximate surface area is 193 Å². The number of hydrogen-bond acceptors (Lipinski definition) is 6. The number of esters is 1. The normalized spacial score (nSPS) is 16.1. The van der Waals surface area contributed by atoms with Crippen LogP contribution in [0.4, 0.5) is 0 Å². The lowest BCUT2D eigenvalue weighted by molar-refractivity contribution is -0.144. The van der Waals surface area contributed by atoms with Gasteiger partial charge in [-0.1, -0.05) is 36.4 Å². The molecule has 1 fully saturated rings. The van der Waals surface area contributed by atoms with E-state index in [1.54, 1.807) is 17.9 Å². The molecule has 1 aliphatic rings. The van der Waals surface area contributed by atoms with Crippen molar-refractivity contribution in [3.05, 3.63) is 77.4 Å². The summed E-state index contributed by atoms with van der Waals surface area (Å²) in [6, 6.07) is 21.4. The summed E-state index contributed by atoms with van der Waals surface area (Å²) in [7, 11) is 0. The largest absolute Gasteiger partial charge is 0.488 e. The second kappa shape index (κ2) is 10.1. The van der Waals surface area contributed by atoms with Gasteiger partial charge >= 0.3 is 5.97 Å². The molecule has 4 rings (SSSR count). The summed E-state index contributed by atoms with van der Waals surface area (Å²) in [5.74, 6) is 0.00884. The SMILES string of the molecule is CCOC(=O)[C@@H](Cc1ccc2ccc(C#N)cc2c1)c1ccc(O[C@H]2CCN(C#N)C2)cc1. The molecule has 6 nitrogen and oxygen atoms in total. The molecule has 0 unspecified atom stereocenters. The van der Waals surface area contributed by atoms with Crippen LogP contribution < -0.4 is 4.74 Å². The van der Waals surface area contributed by atoms with E-state index in [2.05, 4.69) is 12.3 Å². The number of carbonyl (C=O) groups excluding carboxylic acids is 1. The van der Waals surface area contributed by atoms with Gasteiger partial charge in [-0.05, 0) is 59.5 Å². The maximum Gasteiger partial charge on any atom is 0.313 e. The molecule has 1 saturated heterocycles. The third-order valence-corrected chi connectivity index (χ3v) is 5.92. The number of ether oxygens (including phenoxy) is 2. The van der Waals surface area contributed by atoms with Crippen LogP contribution in [0.3, 0.4) is 0 Å². The van der Waals surface area contributed by atoms with E-state index in [1.165, 1.54) is 0 Å². The van der Waals surface area contributed by atoms with Gasteiger partial charge < -0.3 is 14.4 Å². The third kappa shape index (κ3) is 5.25. The quantitative estimate of drug-likeness (QED) is 0.397. The van der Waals surface area contributed by atoms with Crippen LogP contribution in [0.1, 0.15) is 36.0 Å². The second-order valence-corrected chi connectivity index (χ2v) is 8.16. The molecule has 1 aliphatic heterocycles. The summed E-state index contributed by atoms with van der Waals surface area (Å²) in [6.45, 7) is 3.43. The van der Waals surface area contributed by atoms with Crippen molar-refractivity contribution in [3.8, 4) is 18.0 Å². The number of fused-ring (bicyclic) bond motifs is 1.